The third kappa shape index (κ3) is 1.20. The van der Waals surface area contributed by atoms with Gasteiger partial charge in [0, 0.05) is 11.6 Å². The SMILES string of the molecule is Cc1cc(C)c2nc3sccn3c(=O)c2c1. The summed E-state index contributed by atoms with van der Waals surface area (Å²) in [5.41, 5.74) is 2.99. The quantitative estimate of drug-likeness (QED) is 0.594. The van der Waals surface area contributed by atoms with Crippen LogP contribution in [0.4, 0.5) is 0 Å². The highest BCUT2D eigenvalue weighted by Gasteiger charge is 2.08. The van der Waals surface area contributed by atoms with E-state index in [0.717, 1.165) is 21.6 Å². The van der Waals surface area contributed by atoms with Gasteiger partial charge >= 0.3 is 0 Å². The Balaban J connectivity index is 2.67. The molecule has 0 saturated heterocycles. The van der Waals surface area contributed by atoms with E-state index in [-0.39, 0.29) is 5.56 Å². The van der Waals surface area contributed by atoms with Gasteiger partial charge in [0.15, 0.2) is 4.96 Å². The van der Waals surface area contributed by atoms with Crippen LogP contribution in [0, 0.1) is 13.8 Å². The molecule has 0 N–H and O–H groups in total. The lowest BCUT2D eigenvalue weighted by molar-refractivity contribution is 1.11. The summed E-state index contributed by atoms with van der Waals surface area (Å²) in [5.74, 6) is 0. The van der Waals surface area contributed by atoms with Gasteiger partial charge in [-0.25, -0.2) is 4.98 Å². The summed E-state index contributed by atoms with van der Waals surface area (Å²) >= 11 is 1.48. The number of aryl methyl sites for hydroxylation is 2. The summed E-state index contributed by atoms with van der Waals surface area (Å²) in [7, 11) is 0. The predicted molar refractivity (Wildman–Crippen MR) is 66.3 cm³/mol. The van der Waals surface area contributed by atoms with Crippen molar-refractivity contribution in [1.82, 2.24) is 9.38 Å². The van der Waals surface area contributed by atoms with Gasteiger partial charge in [-0.2, -0.15) is 0 Å². The number of nitrogens with zero attached hydrogens (tertiary/aromatic N) is 2. The molecule has 0 aliphatic heterocycles. The van der Waals surface area contributed by atoms with Crippen LogP contribution in [0.25, 0.3) is 15.9 Å². The third-order valence-electron chi connectivity index (χ3n) is 2.69. The molecule has 80 valence electrons. The maximum Gasteiger partial charge on any atom is 0.266 e. The molecule has 0 fully saturated rings. The molecule has 2 heterocycles. The van der Waals surface area contributed by atoms with Crippen LogP contribution >= 0.6 is 11.3 Å². The summed E-state index contributed by atoms with van der Waals surface area (Å²) in [6.45, 7) is 3.99. The number of hydrogen-bond acceptors (Lipinski definition) is 3. The van der Waals surface area contributed by atoms with Crippen LogP contribution in [0.3, 0.4) is 0 Å². The van der Waals surface area contributed by atoms with E-state index in [1.165, 1.54) is 11.3 Å². The monoisotopic (exact) mass is 230 g/mol. The third-order valence-corrected chi connectivity index (χ3v) is 3.45. The predicted octanol–water partition coefficient (Wildman–Crippen LogP) is 2.53. The molecule has 0 aliphatic carbocycles. The van der Waals surface area contributed by atoms with Crippen LogP contribution in [0.2, 0.25) is 0 Å². The van der Waals surface area contributed by atoms with E-state index in [1.54, 1.807) is 10.6 Å². The van der Waals surface area contributed by atoms with Crippen LogP contribution in [0.5, 0.6) is 0 Å². The number of aromatic nitrogens is 2. The zero-order valence-electron chi connectivity index (χ0n) is 9.02. The molecular formula is C12H10N2OS. The molecule has 0 unspecified atom stereocenters. The van der Waals surface area contributed by atoms with Gasteiger partial charge in [0.2, 0.25) is 0 Å². The van der Waals surface area contributed by atoms with Gasteiger partial charge in [-0.3, -0.25) is 9.20 Å². The Morgan fingerprint density at radius 3 is 2.94 bits per heavy atom. The Hall–Kier alpha value is -1.68. The Morgan fingerprint density at radius 1 is 1.31 bits per heavy atom. The van der Waals surface area contributed by atoms with Crippen molar-refractivity contribution >= 4 is 27.2 Å². The van der Waals surface area contributed by atoms with Gasteiger partial charge in [0.25, 0.3) is 5.56 Å². The summed E-state index contributed by atoms with van der Waals surface area (Å²) in [5, 5.41) is 2.58. The van der Waals surface area contributed by atoms with E-state index in [9.17, 15) is 4.79 Å². The van der Waals surface area contributed by atoms with Crippen molar-refractivity contribution in [1.29, 1.82) is 0 Å². The van der Waals surface area contributed by atoms with Gasteiger partial charge < -0.3 is 0 Å². The first-order chi connectivity index (χ1) is 7.66. The average molecular weight is 230 g/mol. The summed E-state index contributed by atoms with van der Waals surface area (Å²) in [6, 6.07) is 3.96. The van der Waals surface area contributed by atoms with Crippen LogP contribution in [-0.2, 0) is 0 Å². The van der Waals surface area contributed by atoms with Crippen molar-refractivity contribution in [2.75, 3.05) is 0 Å². The highest BCUT2D eigenvalue weighted by molar-refractivity contribution is 7.15. The first-order valence-corrected chi connectivity index (χ1v) is 5.91. The van der Waals surface area contributed by atoms with E-state index in [0.29, 0.717) is 5.39 Å². The fourth-order valence-electron chi connectivity index (χ4n) is 2.00. The molecule has 3 aromatic rings. The van der Waals surface area contributed by atoms with Crippen LogP contribution in [-0.4, -0.2) is 9.38 Å². The van der Waals surface area contributed by atoms with Crippen molar-refractivity contribution in [3.8, 4) is 0 Å². The molecule has 0 radical (unpaired) electrons. The lowest BCUT2D eigenvalue weighted by Gasteiger charge is -2.03. The first-order valence-electron chi connectivity index (χ1n) is 5.03. The van der Waals surface area contributed by atoms with Crippen molar-refractivity contribution in [3.63, 3.8) is 0 Å². The Kier molecular flexibility index (Phi) is 1.88. The molecule has 2 aromatic heterocycles. The van der Waals surface area contributed by atoms with Gasteiger partial charge in [-0.15, -0.1) is 11.3 Å². The first kappa shape index (κ1) is 9.54. The molecule has 0 spiro atoms. The number of rotatable bonds is 0. The molecular weight excluding hydrogens is 220 g/mol. The lowest BCUT2D eigenvalue weighted by atomic mass is 10.1. The molecule has 0 aliphatic rings. The minimum atomic E-state index is 0.0213. The van der Waals surface area contributed by atoms with Crippen molar-refractivity contribution < 1.29 is 0 Å². The fraction of sp³-hybridized carbons (Fsp3) is 0.167. The van der Waals surface area contributed by atoms with Crippen LogP contribution < -0.4 is 5.56 Å². The molecule has 1 aromatic carbocycles. The minimum Gasteiger partial charge on any atom is -0.268 e. The van der Waals surface area contributed by atoms with Crippen molar-refractivity contribution in [2.45, 2.75) is 13.8 Å². The van der Waals surface area contributed by atoms with E-state index in [4.69, 9.17) is 0 Å². The fourth-order valence-corrected chi connectivity index (χ4v) is 2.71. The summed E-state index contributed by atoms with van der Waals surface area (Å²) < 4.78 is 1.60. The highest BCUT2D eigenvalue weighted by Crippen LogP contribution is 2.18. The van der Waals surface area contributed by atoms with Gasteiger partial charge in [-0.1, -0.05) is 6.07 Å². The van der Waals surface area contributed by atoms with Gasteiger partial charge in [-0.05, 0) is 31.0 Å². The van der Waals surface area contributed by atoms with E-state index in [2.05, 4.69) is 11.1 Å². The van der Waals surface area contributed by atoms with E-state index >= 15 is 0 Å². The normalized spacial score (nSPS) is 11.4. The number of hydrogen-bond donors (Lipinski definition) is 0. The number of benzene rings is 1. The Labute approximate surface area is 96.0 Å². The second-order valence-electron chi connectivity index (χ2n) is 3.95. The van der Waals surface area contributed by atoms with Crippen LogP contribution in [0.15, 0.2) is 28.5 Å². The second kappa shape index (κ2) is 3.15. The largest absolute Gasteiger partial charge is 0.268 e. The standard InChI is InChI=1S/C12H10N2OS/c1-7-5-8(2)10-9(6-7)11(15)14-3-4-16-12(14)13-10/h3-6H,1-2H3. The highest BCUT2D eigenvalue weighted by atomic mass is 32.1. The molecule has 0 bridgehead atoms. The molecule has 16 heavy (non-hydrogen) atoms. The minimum absolute atomic E-state index is 0.0213. The molecule has 0 atom stereocenters. The van der Waals surface area contributed by atoms with Crippen molar-refractivity contribution in [2.24, 2.45) is 0 Å². The maximum atomic E-state index is 12.2. The molecule has 3 rings (SSSR count). The smallest absolute Gasteiger partial charge is 0.266 e. The average Bonchev–Trinajstić information content (AvgIpc) is 2.68. The van der Waals surface area contributed by atoms with Gasteiger partial charge in [0.05, 0.1) is 10.9 Å². The van der Waals surface area contributed by atoms with Crippen molar-refractivity contribution in [3.05, 3.63) is 45.2 Å². The number of fused-ring (bicyclic) bond motifs is 2. The second-order valence-corrected chi connectivity index (χ2v) is 4.82. The Morgan fingerprint density at radius 2 is 2.12 bits per heavy atom. The zero-order chi connectivity index (χ0) is 11.3. The van der Waals surface area contributed by atoms with Crippen LogP contribution in [0.1, 0.15) is 11.1 Å². The molecule has 3 nitrogen and oxygen atoms in total. The topological polar surface area (TPSA) is 34.4 Å². The summed E-state index contributed by atoms with van der Waals surface area (Å²) in [4.78, 5) is 17.5. The number of thiazole rings is 1. The van der Waals surface area contributed by atoms with Gasteiger partial charge in [0.1, 0.15) is 0 Å². The molecule has 0 saturated carbocycles. The molecule has 4 heteroatoms. The van der Waals surface area contributed by atoms with E-state index in [1.807, 2.05) is 25.3 Å². The Bertz CT molecular complexity index is 755. The lowest BCUT2D eigenvalue weighted by Crippen LogP contribution is -2.13. The summed E-state index contributed by atoms with van der Waals surface area (Å²) in [6.07, 6.45) is 1.77. The zero-order valence-corrected chi connectivity index (χ0v) is 9.84. The van der Waals surface area contributed by atoms with E-state index < -0.39 is 0 Å². The maximum absolute atomic E-state index is 12.2. The molecule has 0 amide bonds.